The van der Waals surface area contributed by atoms with E-state index in [9.17, 15) is 8.78 Å². The molecule has 0 amide bonds. The van der Waals surface area contributed by atoms with Gasteiger partial charge in [0.15, 0.2) is 0 Å². The van der Waals surface area contributed by atoms with E-state index in [1.54, 1.807) is 0 Å². The number of nitrogens with zero attached hydrogens (tertiary/aromatic N) is 2. The topological polar surface area (TPSA) is 58.0 Å². The highest BCUT2D eigenvalue weighted by atomic mass is 19.1. The first kappa shape index (κ1) is 12.4. The van der Waals surface area contributed by atoms with Gasteiger partial charge < -0.3 is 10.4 Å². The van der Waals surface area contributed by atoms with E-state index in [0.717, 1.165) is 18.2 Å². The van der Waals surface area contributed by atoms with E-state index in [-0.39, 0.29) is 12.2 Å². The largest absolute Gasteiger partial charge is 0.395 e. The number of benzene rings is 1. The van der Waals surface area contributed by atoms with E-state index in [1.165, 1.54) is 12.4 Å². The molecule has 6 heteroatoms. The quantitative estimate of drug-likeness (QED) is 0.870. The van der Waals surface area contributed by atoms with Crippen molar-refractivity contribution in [2.75, 3.05) is 18.5 Å². The predicted molar refractivity (Wildman–Crippen MR) is 63.0 cm³/mol. The summed E-state index contributed by atoms with van der Waals surface area (Å²) < 4.78 is 26.5. The molecule has 1 aromatic carbocycles. The number of aromatic nitrogens is 2. The summed E-state index contributed by atoms with van der Waals surface area (Å²) in [6.45, 7) is 0.289. The van der Waals surface area contributed by atoms with E-state index in [0.29, 0.717) is 18.1 Å². The molecule has 2 rings (SSSR count). The Labute approximate surface area is 102 Å². The van der Waals surface area contributed by atoms with Crippen LogP contribution in [-0.2, 0) is 0 Å². The van der Waals surface area contributed by atoms with Crippen LogP contribution in [0.15, 0.2) is 30.6 Å². The van der Waals surface area contributed by atoms with Crippen LogP contribution in [0.2, 0.25) is 0 Å². The van der Waals surface area contributed by atoms with Crippen molar-refractivity contribution in [2.24, 2.45) is 0 Å². The second kappa shape index (κ2) is 5.50. The van der Waals surface area contributed by atoms with E-state index in [4.69, 9.17) is 5.11 Å². The van der Waals surface area contributed by atoms with E-state index < -0.39 is 11.6 Å². The minimum absolute atomic E-state index is 0.0381. The van der Waals surface area contributed by atoms with Crippen LogP contribution in [0.5, 0.6) is 0 Å². The van der Waals surface area contributed by atoms with Gasteiger partial charge in [0, 0.05) is 30.1 Å². The van der Waals surface area contributed by atoms with Crippen molar-refractivity contribution in [3.63, 3.8) is 0 Å². The summed E-state index contributed by atoms with van der Waals surface area (Å²) in [4.78, 5) is 7.88. The molecule has 0 aliphatic heterocycles. The van der Waals surface area contributed by atoms with Gasteiger partial charge in [0.2, 0.25) is 5.95 Å². The van der Waals surface area contributed by atoms with Gasteiger partial charge in [-0.2, -0.15) is 0 Å². The molecule has 2 N–H and O–H groups in total. The van der Waals surface area contributed by atoms with Crippen molar-refractivity contribution in [2.45, 2.75) is 0 Å². The van der Waals surface area contributed by atoms with E-state index >= 15 is 0 Å². The molecule has 0 spiro atoms. The molecule has 94 valence electrons. The predicted octanol–water partition coefficient (Wildman–Crippen LogP) is 1.83. The summed E-state index contributed by atoms with van der Waals surface area (Å²) >= 11 is 0. The third-order valence-electron chi connectivity index (χ3n) is 2.29. The molecular formula is C12H11F2N3O. The molecule has 0 aliphatic carbocycles. The second-order valence-electron chi connectivity index (χ2n) is 3.57. The zero-order valence-electron chi connectivity index (χ0n) is 9.40. The summed E-state index contributed by atoms with van der Waals surface area (Å²) in [6.07, 6.45) is 2.79. The number of aliphatic hydroxyl groups is 1. The highest BCUT2D eigenvalue weighted by Crippen LogP contribution is 2.22. The van der Waals surface area contributed by atoms with Gasteiger partial charge in [-0.05, 0) is 18.2 Å². The lowest BCUT2D eigenvalue weighted by molar-refractivity contribution is 0.311. The Morgan fingerprint density at radius 2 is 1.89 bits per heavy atom. The average Bonchev–Trinajstić information content (AvgIpc) is 2.40. The Kier molecular flexibility index (Phi) is 3.78. The van der Waals surface area contributed by atoms with Crippen molar-refractivity contribution >= 4 is 5.95 Å². The third-order valence-corrected chi connectivity index (χ3v) is 2.29. The summed E-state index contributed by atoms with van der Waals surface area (Å²) in [5.74, 6) is -0.727. The summed E-state index contributed by atoms with van der Waals surface area (Å²) in [5, 5.41) is 11.4. The first-order chi connectivity index (χ1) is 8.70. The van der Waals surface area contributed by atoms with Crippen molar-refractivity contribution in [3.05, 3.63) is 42.2 Å². The van der Waals surface area contributed by atoms with Crippen LogP contribution in [-0.4, -0.2) is 28.2 Å². The Balaban J connectivity index is 2.25. The highest BCUT2D eigenvalue weighted by Gasteiger charge is 2.07. The molecule has 0 saturated heterocycles. The van der Waals surface area contributed by atoms with Crippen molar-refractivity contribution in [3.8, 4) is 11.1 Å². The van der Waals surface area contributed by atoms with Crippen LogP contribution < -0.4 is 5.32 Å². The maximum absolute atomic E-state index is 13.5. The molecule has 0 atom stereocenters. The van der Waals surface area contributed by atoms with Crippen LogP contribution in [0.3, 0.4) is 0 Å². The van der Waals surface area contributed by atoms with E-state index in [2.05, 4.69) is 15.3 Å². The number of hydrogen-bond acceptors (Lipinski definition) is 4. The summed E-state index contributed by atoms with van der Waals surface area (Å²) in [7, 11) is 0. The average molecular weight is 251 g/mol. The summed E-state index contributed by atoms with van der Waals surface area (Å²) in [5.41, 5.74) is 0.505. The maximum Gasteiger partial charge on any atom is 0.222 e. The normalized spacial score (nSPS) is 10.4. The monoisotopic (exact) mass is 251 g/mol. The minimum Gasteiger partial charge on any atom is -0.395 e. The number of hydrogen-bond donors (Lipinski definition) is 2. The zero-order chi connectivity index (χ0) is 13.0. The van der Waals surface area contributed by atoms with Gasteiger partial charge in [-0.1, -0.05) is 0 Å². The molecule has 18 heavy (non-hydrogen) atoms. The van der Waals surface area contributed by atoms with Gasteiger partial charge in [0.1, 0.15) is 11.6 Å². The summed E-state index contributed by atoms with van der Waals surface area (Å²) in [6, 6.07) is 3.20. The standard InChI is InChI=1S/C12H11F2N3O/c13-9-1-2-11(14)10(5-9)8-6-16-12(17-7-8)15-3-4-18/h1-2,5-7,18H,3-4H2,(H,15,16,17). The molecule has 4 nitrogen and oxygen atoms in total. The van der Waals surface area contributed by atoms with Gasteiger partial charge in [-0.3, -0.25) is 0 Å². The molecule has 0 saturated carbocycles. The Morgan fingerprint density at radius 3 is 2.56 bits per heavy atom. The van der Waals surface area contributed by atoms with Crippen LogP contribution in [0.1, 0.15) is 0 Å². The number of halogens is 2. The van der Waals surface area contributed by atoms with Crippen molar-refractivity contribution in [1.82, 2.24) is 9.97 Å². The fourth-order valence-corrected chi connectivity index (χ4v) is 1.44. The molecular weight excluding hydrogens is 240 g/mol. The fraction of sp³-hybridized carbons (Fsp3) is 0.167. The minimum atomic E-state index is -0.531. The van der Waals surface area contributed by atoms with Crippen LogP contribution in [0, 0.1) is 11.6 Å². The molecule has 1 aromatic heterocycles. The van der Waals surface area contributed by atoms with Gasteiger partial charge in [-0.15, -0.1) is 0 Å². The Morgan fingerprint density at radius 1 is 1.17 bits per heavy atom. The molecule has 0 aliphatic rings. The van der Waals surface area contributed by atoms with Crippen molar-refractivity contribution in [1.29, 1.82) is 0 Å². The molecule has 2 aromatic rings. The van der Waals surface area contributed by atoms with Crippen LogP contribution >= 0.6 is 0 Å². The zero-order valence-corrected chi connectivity index (χ0v) is 9.40. The molecule has 0 radical (unpaired) electrons. The fourth-order valence-electron chi connectivity index (χ4n) is 1.44. The molecule has 0 unspecified atom stereocenters. The lowest BCUT2D eigenvalue weighted by Crippen LogP contribution is -2.08. The molecule has 1 heterocycles. The van der Waals surface area contributed by atoms with Crippen LogP contribution in [0.25, 0.3) is 11.1 Å². The van der Waals surface area contributed by atoms with Gasteiger partial charge in [0.05, 0.1) is 6.61 Å². The van der Waals surface area contributed by atoms with E-state index in [1.807, 2.05) is 0 Å². The SMILES string of the molecule is OCCNc1ncc(-c2cc(F)ccc2F)cn1. The van der Waals surface area contributed by atoms with Gasteiger partial charge in [0.25, 0.3) is 0 Å². The molecule has 0 fully saturated rings. The Bertz CT molecular complexity index is 531. The van der Waals surface area contributed by atoms with Crippen LogP contribution in [0.4, 0.5) is 14.7 Å². The smallest absolute Gasteiger partial charge is 0.222 e. The lowest BCUT2D eigenvalue weighted by atomic mass is 10.1. The third kappa shape index (κ3) is 2.78. The van der Waals surface area contributed by atoms with Gasteiger partial charge >= 0.3 is 0 Å². The first-order valence-electron chi connectivity index (χ1n) is 5.33. The van der Waals surface area contributed by atoms with Crippen molar-refractivity contribution < 1.29 is 13.9 Å². The number of aliphatic hydroxyl groups excluding tert-OH is 1. The number of rotatable bonds is 4. The van der Waals surface area contributed by atoms with Gasteiger partial charge in [-0.25, -0.2) is 18.7 Å². The second-order valence-corrected chi connectivity index (χ2v) is 3.57. The Hall–Kier alpha value is -2.08. The first-order valence-corrected chi connectivity index (χ1v) is 5.33. The number of nitrogens with one attached hydrogen (secondary N) is 1. The lowest BCUT2D eigenvalue weighted by Gasteiger charge is -2.05. The highest BCUT2D eigenvalue weighted by molar-refractivity contribution is 5.62. The maximum atomic E-state index is 13.5. The number of anilines is 1. The molecule has 0 bridgehead atoms.